The molecule has 0 amide bonds. The molecule has 1 aromatic carbocycles. The average Bonchev–Trinajstić information content (AvgIpc) is 2.63. The predicted octanol–water partition coefficient (Wildman–Crippen LogP) is 1.39. The first kappa shape index (κ1) is 8.29. The summed E-state index contributed by atoms with van der Waals surface area (Å²) in [5.41, 5.74) is 13.2. The van der Waals surface area contributed by atoms with Crippen molar-refractivity contribution in [2.75, 3.05) is 6.54 Å². The van der Waals surface area contributed by atoms with E-state index in [2.05, 4.69) is 0 Å². The Labute approximate surface area is 76.3 Å². The molecule has 3 nitrogen and oxygen atoms in total. The van der Waals surface area contributed by atoms with Crippen molar-refractivity contribution < 1.29 is 4.42 Å². The standard InChI is InChI=1S/C10H12N2O/c11-6-9(12)7-1-2-10-8(5-7)3-4-13-10/h1-5,9H,6,11-12H2/t9-/m0/s1. The van der Waals surface area contributed by atoms with Crippen LogP contribution in [-0.4, -0.2) is 6.54 Å². The summed E-state index contributed by atoms with van der Waals surface area (Å²) >= 11 is 0. The van der Waals surface area contributed by atoms with Crippen LogP contribution in [0.4, 0.5) is 0 Å². The minimum absolute atomic E-state index is 0.0840. The third kappa shape index (κ3) is 1.43. The smallest absolute Gasteiger partial charge is 0.133 e. The van der Waals surface area contributed by atoms with Crippen molar-refractivity contribution in [3.8, 4) is 0 Å². The van der Waals surface area contributed by atoms with Crippen molar-refractivity contribution in [1.82, 2.24) is 0 Å². The van der Waals surface area contributed by atoms with Crippen molar-refractivity contribution >= 4 is 11.0 Å². The molecule has 1 heterocycles. The van der Waals surface area contributed by atoms with Crippen LogP contribution in [0.2, 0.25) is 0 Å². The highest BCUT2D eigenvalue weighted by atomic mass is 16.3. The second-order valence-electron chi connectivity index (χ2n) is 3.06. The van der Waals surface area contributed by atoms with Gasteiger partial charge in [-0.25, -0.2) is 0 Å². The van der Waals surface area contributed by atoms with Crippen molar-refractivity contribution in [2.45, 2.75) is 6.04 Å². The summed E-state index contributed by atoms with van der Waals surface area (Å²) in [6.45, 7) is 0.462. The molecule has 13 heavy (non-hydrogen) atoms. The summed E-state index contributed by atoms with van der Waals surface area (Å²) in [5, 5.41) is 1.07. The van der Waals surface area contributed by atoms with Gasteiger partial charge >= 0.3 is 0 Å². The minimum Gasteiger partial charge on any atom is -0.464 e. The van der Waals surface area contributed by atoms with Gasteiger partial charge < -0.3 is 15.9 Å². The highest BCUT2D eigenvalue weighted by molar-refractivity contribution is 5.77. The molecule has 4 N–H and O–H groups in total. The van der Waals surface area contributed by atoms with Gasteiger partial charge in [0.15, 0.2) is 0 Å². The molecule has 1 atom stereocenters. The molecule has 0 fully saturated rings. The third-order valence-corrected chi connectivity index (χ3v) is 2.16. The van der Waals surface area contributed by atoms with Crippen LogP contribution in [-0.2, 0) is 0 Å². The second-order valence-corrected chi connectivity index (χ2v) is 3.06. The van der Waals surface area contributed by atoms with Gasteiger partial charge in [-0.15, -0.1) is 0 Å². The summed E-state index contributed by atoms with van der Waals surface area (Å²) in [5.74, 6) is 0. The van der Waals surface area contributed by atoms with Crippen LogP contribution >= 0.6 is 0 Å². The van der Waals surface area contributed by atoms with E-state index in [0.29, 0.717) is 6.54 Å². The maximum absolute atomic E-state index is 5.80. The third-order valence-electron chi connectivity index (χ3n) is 2.16. The van der Waals surface area contributed by atoms with E-state index in [1.54, 1.807) is 6.26 Å². The first-order valence-corrected chi connectivity index (χ1v) is 4.24. The summed E-state index contributed by atoms with van der Waals surface area (Å²) < 4.78 is 5.21. The maximum Gasteiger partial charge on any atom is 0.133 e. The first-order valence-electron chi connectivity index (χ1n) is 4.24. The van der Waals surface area contributed by atoms with Crippen LogP contribution in [0, 0.1) is 0 Å². The van der Waals surface area contributed by atoms with E-state index < -0.39 is 0 Å². The van der Waals surface area contributed by atoms with Crippen molar-refractivity contribution in [1.29, 1.82) is 0 Å². The van der Waals surface area contributed by atoms with Crippen LogP contribution in [0.1, 0.15) is 11.6 Å². The Morgan fingerprint density at radius 3 is 2.92 bits per heavy atom. The molecule has 1 aromatic heterocycles. The van der Waals surface area contributed by atoms with Gasteiger partial charge in [-0.2, -0.15) is 0 Å². The molecule has 0 bridgehead atoms. The highest BCUT2D eigenvalue weighted by Gasteiger charge is 2.04. The van der Waals surface area contributed by atoms with Crippen molar-refractivity contribution in [3.05, 3.63) is 36.1 Å². The van der Waals surface area contributed by atoms with Gasteiger partial charge in [0.05, 0.1) is 6.26 Å². The first-order chi connectivity index (χ1) is 6.31. The monoisotopic (exact) mass is 176 g/mol. The van der Waals surface area contributed by atoms with E-state index >= 15 is 0 Å². The zero-order valence-corrected chi connectivity index (χ0v) is 7.23. The Morgan fingerprint density at radius 1 is 1.31 bits per heavy atom. The largest absolute Gasteiger partial charge is 0.464 e. The van der Waals surface area contributed by atoms with E-state index in [0.717, 1.165) is 16.5 Å². The molecule has 0 saturated carbocycles. The Hall–Kier alpha value is -1.32. The molecule has 0 saturated heterocycles. The van der Waals surface area contributed by atoms with Gasteiger partial charge in [0.25, 0.3) is 0 Å². The molecule has 0 aliphatic carbocycles. The Kier molecular flexibility index (Phi) is 2.04. The van der Waals surface area contributed by atoms with Gasteiger partial charge in [-0.05, 0) is 23.8 Å². The number of hydrogen-bond donors (Lipinski definition) is 2. The van der Waals surface area contributed by atoms with Crippen LogP contribution in [0.5, 0.6) is 0 Å². The Bertz CT molecular complexity index is 408. The molecule has 0 aliphatic heterocycles. The van der Waals surface area contributed by atoms with E-state index in [1.165, 1.54) is 0 Å². The molecule has 2 aromatic rings. The predicted molar refractivity (Wildman–Crippen MR) is 52.2 cm³/mol. The molecule has 68 valence electrons. The van der Waals surface area contributed by atoms with Crippen molar-refractivity contribution in [2.24, 2.45) is 11.5 Å². The number of benzene rings is 1. The fourth-order valence-electron chi connectivity index (χ4n) is 1.35. The maximum atomic E-state index is 5.80. The topological polar surface area (TPSA) is 65.2 Å². The summed E-state index contributed by atoms with van der Waals surface area (Å²) in [7, 11) is 0. The zero-order chi connectivity index (χ0) is 9.26. The normalized spacial score (nSPS) is 13.4. The van der Waals surface area contributed by atoms with Crippen LogP contribution in [0.15, 0.2) is 34.9 Å². The molecule has 0 unspecified atom stereocenters. The Balaban J connectivity index is 2.48. The number of furan rings is 1. The average molecular weight is 176 g/mol. The minimum atomic E-state index is -0.0840. The molecule has 3 heteroatoms. The molecular weight excluding hydrogens is 164 g/mol. The fourth-order valence-corrected chi connectivity index (χ4v) is 1.35. The summed E-state index contributed by atoms with van der Waals surface area (Å²) in [6.07, 6.45) is 1.67. The highest BCUT2D eigenvalue weighted by Crippen LogP contribution is 2.19. The lowest BCUT2D eigenvalue weighted by Crippen LogP contribution is -2.20. The lowest BCUT2D eigenvalue weighted by Gasteiger charge is -2.07. The van der Waals surface area contributed by atoms with Gasteiger partial charge in [0, 0.05) is 18.0 Å². The van der Waals surface area contributed by atoms with E-state index in [4.69, 9.17) is 15.9 Å². The summed E-state index contributed by atoms with van der Waals surface area (Å²) in [4.78, 5) is 0. The van der Waals surface area contributed by atoms with Crippen LogP contribution < -0.4 is 11.5 Å². The van der Waals surface area contributed by atoms with Crippen LogP contribution in [0.25, 0.3) is 11.0 Å². The zero-order valence-electron chi connectivity index (χ0n) is 7.23. The second kappa shape index (κ2) is 3.20. The fraction of sp³-hybridized carbons (Fsp3) is 0.200. The number of rotatable bonds is 2. The van der Waals surface area contributed by atoms with Crippen molar-refractivity contribution in [3.63, 3.8) is 0 Å². The summed E-state index contributed by atoms with van der Waals surface area (Å²) in [6, 6.07) is 7.71. The molecule has 2 rings (SSSR count). The number of fused-ring (bicyclic) bond motifs is 1. The van der Waals surface area contributed by atoms with E-state index in [1.807, 2.05) is 24.3 Å². The molecular formula is C10H12N2O. The number of hydrogen-bond acceptors (Lipinski definition) is 3. The van der Waals surface area contributed by atoms with E-state index in [-0.39, 0.29) is 6.04 Å². The molecule has 0 spiro atoms. The van der Waals surface area contributed by atoms with Gasteiger partial charge in [-0.1, -0.05) is 6.07 Å². The van der Waals surface area contributed by atoms with E-state index in [9.17, 15) is 0 Å². The van der Waals surface area contributed by atoms with Gasteiger partial charge in [0.1, 0.15) is 5.58 Å². The quantitative estimate of drug-likeness (QED) is 0.726. The lowest BCUT2D eigenvalue weighted by atomic mass is 10.1. The van der Waals surface area contributed by atoms with Gasteiger partial charge in [0.2, 0.25) is 0 Å². The SMILES string of the molecule is NC[C@H](N)c1ccc2occc2c1. The Morgan fingerprint density at radius 2 is 2.15 bits per heavy atom. The molecule has 0 radical (unpaired) electrons. The van der Waals surface area contributed by atoms with Crippen LogP contribution in [0.3, 0.4) is 0 Å². The number of nitrogens with two attached hydrogens (primary N) is 2. The lowest BCUT2D eigenvalue weighted by molar-refractivity contribution is 0.615. The van der Waals surface area contributed by atoms with Gasteiger partial charge in [-0.3, -0.25) is 0 Å². The molecule has 0 aliphatic rings.